The minimum Gasteiger partial charge on any atom is -0.309 e. The molecule has 10 rings (SSSR count). The summed E-state index contributed by atoms with van der Waals surface area (Å²) in [5, 5.41) is 6.10. The van der Waals surface area contributed by atoms with Crippen LogP contribution in [0.15, 0.2) is 164 Å². The highest BCUT2D eigenvalue weighted by atomic mass is 32.1. The number of rotatable bonds is 4. The lowest BCUT2D eigenvalue weighted by Crippen LogP contribution is -1.95. The van der Waals surface area contributed by atoms with Gasteiger partial charge in [-0.05, 0) is 65.7 Å². The van der Waals surface area contributed by atoms with Crippen molar-refractivity contribution in [2.75, 3.05) is 0 Å². The van der Waals surface area contributed by atoms with E-state index >= 15 is 0 Å². The van der Waals surface area contributed by atoms with E-state index in [1.165, 1.54) is 53.1 Å². The molecule has 0 saturated carbocycles. The van der Waals surface area contributed by atoms with Gasteiger partial charge in [-0.15, -0.1) is 11.3 Å². The van der Waals surface area contributed by atoms with Gasteiger partial charge in [-0.2, -0.15) is 0 Å². The number of hydrogen-bond acceptors (Lipinski definition) is 3. The van der Waals surface area contributed by atoms with Gasteiger partial charge < -0.3 is 4.57 Å². The van der Waals surface area contributed by atoms with Crippen molar-refractivity contribution in [3.63, 3.8) is 0 Å². The average molecular weight is 630 g/mol. The second-order valence-electron chi connectivity index (χ2n) is 12.2. The highest BCUT2D eigenvalue weighted by Gasteiger charge is 2.19. The Morgan fingerprint density at radius 3 is 1.98 bits per heavy atom. The molecular weight excluding hydrogens is 603 g/mol. The molecule has 7 aromatic carbocycles. The number of fused-ring (bicyclic) bond motifs is 7. The zero-order valence-corrected chi connectivity index (χ0v) is 26.7. The maximum absolute atomic E-state index is 5.25. The first kappa shape index (κ1) is 27.1. The van der Waals surface area contributed by atoms with Gasteiger partial charge in [-0.1, -0.05) is 109 Å². The molecule has 0 spiro atoms. The van der Waals surface area contributed by atoms with Crippen LogP contribution in [-0.4, -0.2) is 14.5 Å². The zero-order valence-electron chi connectivity index (χ0n) is 25.8. The second kappa shape index (κ2) is 10.7. The van der Waals surface area contributed by atoms with Gasteiger partial charge in [-0.25, -0.2) is 9.97 Å². The van der Waals surface area contributed by atoms with Crippen LogP contribution < -0.4 is 0 Å². The molecule has 224 valence electrons. The van der Waals surface area contributed by atoms with E-state index in [2.05, 4.69) is 150 Å². The normalized spacial score (nSPS) is 11.8. The molecule has 3 aromatic heterocycles. The molecule has 0 aliphatic rings. The van der Waals surface area contributed by atoms with Gasteiger partial charge in [0.2, 0.25) is 0 Å². The molecular formula is C44H27N3S. The summed E-state index contributed by atoms with van der Waals surface area (Å²) >= 11 is 1.85. The topological polar surface area (TPSA) is 30.7 Å². The molecule has 4 heteroatoms. The van der Waals surface area contributed by atoms with Gasteiger partial charge in [0.05, 0.1) is 22.2 Å². The van der Waals surface area contributed by atoms with E-state index < -0.39 is 0 Å². The van der Waals surface area contributed by atoms with Gasteiger partial charge in [0.25, 0.3) is 0 Å². The van der Waals surface area contributed by atoms with E-state index in [1.807, 2.05) is 29.5 Å². The molecule has 3 heterocycles. The van der Waals surface area contributed by atoms with E-state index in [0.29, 0.717) is 0 Å². The van der Waals surface area contributed by atoms with Crippen LogP contribution in [0.4, 0.5) is 0 Å². The summed E-state index contributed by atoms with van der Waals surface area (Å²) in [6.07, 6.45) is 0. The summed E-state index contributed by atoms with van der Waals surface area (Å²) in [6.45, 7) is 0. The van der Waals surface area contributed by atoms with Crippen molar-refractivity contribution in [1.82, 2.24) is 14.5 Å². The molecule has 48 heavy (non-hydrogen) atoms. The second-order valence-corrected chi connectivity index (χ2v) is 13.3. The average Bonchev–Trinajstić information content (AvgIpc) is 3.70. The Labute approximate surface area is 281 Å². The third kappa shape index (κ3) is 4.20. The zero-order chi connectivity index (χ0) is 31.6. The standard InChI is InChI=1S/C44H27N3S/c1-3-13-28(14-4-1)44-45-37-20-10-7-18-33(37)43(46-44)30-26-35(42-34-19-9-12-22-40(34)48-41(42)27-30)29-23-24-39-36(25-29)32-17-8-11-21-38(32)47(39)31-15-5-2-6-16-31/h1-27H. The SMILES string of the molecule is c1ccc(-c2nc(-c3cc(-c4ccc5c(c4)c4ccccc4n5-c4ccccc4)c4c(c3)sc3ccccc34)c3ccccc3n2)cc1. The lowest BCUT2D eigenvalue weighted by Gasteiger charge is -2.13. The Balaban J connectivity index is 1.27. The third-order valence-corrected chi connectivity index (χ3v) is 10.5. The van der Waals surface area contributed by atoms with Crippen LogP contribution in [0.1, 0.15) is 0 Å². The molecule has 0 unspecified atom stereocenters. The van der Waals surface area contributed by atoms with Crippen molar-refractivity contribution >= 4 is 64.2 Å². The minimum atomic E-state index is 0.734. The molecule has 0 atom stereocenters. The lowest BCUT2D eigenvalue weighted by atomic mass is 9.94. The maximum Gasteiger partial charge on any atom is 0.160 e. The fraction of sp³-hybridized carbons (Fsp3) is 0. The van der Waals surface area contributed by atoms with Crippen LogP contribution in [0, 0.1) is 0 Å². The van der Waals surface area contributed by atoms with Crippen molar-refractivity contribution in [3.05, 3.63) is 164 Å². The summed E-state index contributed by atoms with van der Waals surface area (Å²) in [6, 6.07) is 58.4. The van der Waals surface area contributed by atoms with E-state index in [4.69, 9.17) is 9.97 Å². The summed E-state index contributed by atoms with van der Waals surface area (Å²) < 4.78 is 4.91. The Hall–Kier alpha value is -6.10. The highest BCUT2D eigenvalue weighted by Crippen LogP contribution is 2.45. The maximum atomic E-state index is 5.25. The molecule has 3 nitrogen and oxygen atoms in total. The van der Waals surface area contributed by atoms with Crippen molar-refractivity contribution in [3.8, 4) is 39.5 Å². The minimum absolute atomic E-state index is 0.734. The van der Waals surface area contributed by atoms with Gasteiger partial charge in [0, 0.05) is 53.1 Å². The number of aromatic nitrogens is 3. The lowest BCUT2D eigenvalue weighted by molar-refractivity contribution is 1.18. The first-order valence-corrected chi connectivity index (χ1v) is 17.0. The number of hydrogen-bond donors (Lipinski definition) is 0. The predicted molar refractivity (Wildman–Crippen MR) is 203 cm³/mol. The monoisotopic (exact) mass is 629 g/mol. The molecule has 0 amide bonds. The number of nitrogens with zero attached hydrogens (tertiary/aromatic N) is 3. The van der Waals surface area contributed by atoms with Crippen LogP contribution in [0.3, 0.4) is 0 Å². The largest absolute Gasteiger partial charge is 0.309 e. The summed E-state index contributed by atoms with van der Waals surface area (Å²) in [5.41, 5.74) is 9.95. The van der Waals surface area contributed by atoms with Crippen LogP contribution in [0.5, 0.6) is 0 Å². The molecule has 0 aliphatic carbocycles. The molecule has 10 aromatic rings. The smallest absolute Gasteiger partial charge is 0.160 e. The van der Waals surface area contributed by atoms with Gasteiger partial charge in [0.15, 0.2) is 5.82 Å². The van der Waals surface area contributed by atoms with Crippen LogP contribution in [0.2, 0.25) is 0 Å². The van der Waals surface area contributed by atoms with Crippen LogP contribution in [-0.2, 0) is 0 Å². The Bertz CT molecular complexity index is 2830. The first-order chi connectivity index (χ1) is 23.8. The summed E-state index contributed by atoms with van der Waals surface area (Å²) in [4.78, 5) is 10.2. The molecule has 0 saturated heterocycles. The van der Waals surface area contributed by atoms with E-state index in [9.17, 15) is 0 Å². The fourth-order valence-corrected chi connectivity index (χ4v) is 8.40. The van der Waals surface area contributed by atoms with Crippen LogP contribution in [0.25, 0.3) is 92.3 Å². The fourth-order valence-electron chi connectivity index (χ4n) is 7.23. The molecule has 0 radical (unpaired) electrons. The summed E-state index contributed by atoms with van der Waals surface area (Å²) in [5.74, 6) is 0.734. The van der Waals surface area contributed by atoms with E-state index in [-0.39, 0.29) is 0 Å². The molecule has 0 fully saturated rings. The predicted octanol–water partition coefficient (Wildman–Crippen LogP) is 12.1. The molecule has 0 bridgehead atoms. The van der Waals surface area contributed by atoms with Gasteiger partial charge >= 0.3 is 0 Å². The summed E-state index contributed by atoms with van der Waals surface area (Å²) in [7, 11) is 0. The van der Waals surface area contributed by atoms with Gasteiger partial charge in [-0.3, -0.25) is 0 Å². The Morgan fingerprint density at radius 1 is 0.438 bits per heavy atom. The van der Waals surface area contributed by atoms with Crippen molar-refractivity contribution in [2.24, 2.45) is 0 Å². The quantitative estimate of drug-likeness (QED) is 0.194. The van der Waals surface area contributed by atoms with Crippen molar-refractivity contribution in [1.29, 1.82) is 0 Å². The Morgan fingerprint density at radius 2 is 1.12 bits per heavy atom. The van der Waals surface area contributed by atoms with E-state index in [0.717, 1.165) is 39.2 Å². The van der Waals surface area contributed by atoms with Crippen LogP contribution >= 0.6 is 11.3 Å². The highest BCUT2D eigenvalue weighted by molar-refractivity contribution is 7.26. The number of para-hydroxylation sites is 3. The van der Waals surface area contributed by atoms with Crippen molar-refractivity contribution < 1.29 is 0 Å². The third-order valence-electron chi connectivity index (χ3n) is 9.39. The van der Waals surface area contributed by atoms with E-state index in [1.54, 1.807) is 0 Å². The first-order valence-electron chi connectivity index (χ1n) is 16.2. The Kier molecular flexibility index (Phi) is 6.05. The van der Waals surface area contributed by atoms with Crippen molar-refractivity contribution in [2.45, 2.75) is 0 Å². The molecule has 0 aliphatic heterocycles. The number of thiophene rings is 1. The van der Waals surface area contributed by atoms with Gasteiger partial charge in [0.1, 0.15) is 0 Å². The molecule has 0 N–H and O–H groups in total. The number of benzene rings is 7.